The number of carbonyl (C=O) groups excluding carboxylic acids is 1. The van der Waals surface area contributed by atoms with E-state index in [1.165, 1.54) is 16.7 Å². The van der Waals surface area contributed by atoms with Gasteiger partial charge in [0.05, 0.1) is 11.6 Å². The zero-order valence-electron chi connectivity index (χ0n) is 14.6. The first-order valence-corrected chi connectivity index (χ1v) is 9.71. The molecule has 9 nitrogen and oxygen atoms in total. The van der Waals surface area contributed by atoms with Crippen LogP contribution in [0.3, 0.4) is 0 Å². The molecule has 0 unspecified atom stereocenters. The van der Waals surface area contributed by atoms with E-state index in [4.69, 9.17) is 10.8 Å². The van der Waals surface area contributed by atoms with Gasteiger partial charge in [0.1, 0.15) is 5.52 Å². The van der Waals surface area contributed by atoms with Crippen molar-refractivity contribution in [3.05, 3.63) is 24.0 Å². The third-order valence-corrected chi connectivity index (χ3v) is 5.45. The standard InChI is InChI=1S/C17H18N6O3S/c1-27-16-19-8-9-2-3-11-13(15(18)24)21-23(14(11)12(9)20-16)10-4-6-22(7-5-10)17(25)26/h2-3,8,10H,4-7H2,1H3,(H2,18,24)(H,25,26). The smallest absolute Gasteiger partial charge is 0.407 e. The third kappa shape index (κ3) is 2.95. The number of amides is 2. The van der Waals surface area contributed by atoms with E-state index in [1.54, 1.807) is 10.9 Å². The number of benzene rings is 1. The highest BCUT2D eigenvalue weighted by Gasteiger charge is 2.28. The highest BCUT2D eigenvalue weighted by Crippen LogP contribution is 2.32. The molecule has 0 atom stereocenters. The summed E-state index contributed by atoms with van der Waals surface area (Å²) in [5, 5.41) is 15.8. The summed E-state index contributed by atoms with van der Waals surface area (Å²) >= 11 is 1.43. The van der Waals surface area contributed by atoms with Gasteiger partial charge in [-0.1, -0.05) is 17.8 Å². The Balaban J connectivity index is 1.90. The van der Waals surface area contributed by atoms with Crippen LogP contribution in [0.2, 0.25) is 0 Å². The van der Waals surface area contributed by atoms with Crippen molar-refractivity contribution in [2.75, 3.05) is 19.3 Å². The number of hydrogen-bond acceptors (Lipinski definition) is 6. The number of aromatic nitrogens is 4. The maximum absolute atomic E-state index is 11.9. The lowest BCUT2D eigenvalue weighted by atomic mass is 10.0. The molecular weight excluding hydrogens is 368 g/mol. The second-order valence-corrected chi connectivity index (χ2v) is 7.19. The van der Waals surface area contributed by atoms with Crippen molar-refractivity contribution >= 4 is 45.6 Å². The van der Waals surface area contributed by atoms with Crippen LogP contribution in [-0.4, -0.2) is 61.1 Å². The van der Waals surface area contributed by atoms with E-state index < -0.39 is 12.0 Å². The second-order valence-electron chi connectivity index (χ2n) is 6.41. The van der Waals surface area contributed by atoms with Gasteiger partial charge in [-0.05, 0) is 25.2 Å². The summed E-state index contributed by atoms with van der Waals surface area (Å²) in [5.74, 6) is -0.597. The van der Waals surface area contributed by atoms with Gasteiger partial charge in [0.15, 0.2) is 10.9 Å². The maximum atomic E-state index is 11.9. The van der Waals surface area contributed by atoms with Crippen molar-refractivity contribution in [3.63, 3.8) is 0 Å². The zero-order chi connectivity index (χ0) is 19.1. The molecule has 0 radical (unpaired) electrons. The Labute approximate surface area is 158 Å². The SMILES string of the molecule is CSc1ncc2ccc3c(C(N)=O)nn(C4CCN(C(=O)O)CC4)c3c2n1. The average molecular weight is 386 g/mol. The number of fused-ring (bicyclic) bond motifs is 3. The molecular formula is C17H18N6O3S. The molecule has 4 rings (SSSR count). The van der Waals surface area contributed by atoms with E-state index in [9.17, 15) is 9.59 Å². The number of likely N-dealkylation sites (tertiary alicyclic amines) is 1. The van der Waals surface area contributed by atoms with Gasteiger partial charge < -0.3 is 15.7 Å². The van der Waals surface area contributed by atoms with Gasteiger partial charge in [-0.2, -0.15) is 5.10 Å². The second kappa shape index (κ2) is 6.69. The summed E-state index contributed by atoms with van der Waals surface area (Å²) in [6.45, 7) is 0.839. The molecule has 1 fully saturated rings. The molecule has 1 aromatic carbocycles. The fraction of sp³-hybridized carbons (Fsp3) is 0.353. The molecule has 0 saturated carbocycles. The van der Waals surface area contributed by atoms with E-state index in [2.05, 4.69) is 15.1 Å². The fourth-order valence-corrected chi connectivity index (χ4v) is 3.89. The van der Waals surface area contributed by atoms with Crippen molar-refractivity contribution in [2.45, 2.75) is 24.0 Å². The van der Waals surface area contributed by atoms with Crippen molar-refractivity contribution in [3.8, 4) is 0 Å². The largest absolute Gasteiger partial charge is 0.465 e. The number of carboxylic acid groups (broad SMARTS) is 1. The summed E-state index contributed by atoms with van der Waals surface area (Å²) in [7, 11) is 0. The fourth-order valence-electron chi connectivity index (χ4n) is 3.55. The van der Waals surface area contributed by atoms with Gasteiger partial charge in [-0.3, -0.25) is 9.48 Å². The zero-order valence-corrected chi connectivity index (χ0v) is 15.4. The highest BCUT2D eigenvalue weighted by atomic mass is 32.2. The van der Waals surface area contributed by atoms with Crippen molar-refractivity contribution in [1.82, 2.24) is 24.6 Å². The van der Waals surface area contributed by atoms with Crippen LogP contribution in [0.4, 0.5) is 4.79 Å². The van der Waals surface area contributed by atoms with E-state index in [0.717, 1.165) is 10.9 Å². The Morgan fingerprint density at radius 1 is 1.30 bits per heavy atom. The van der Waals surface area contributed by atoms with Crippen LogP contribution in [0, 0.1) is 0 Å². The molecule has 1 saturated heterocycles. The Morgan fingerprint density at radius 2 is 2.04 bits per heavy atom. The minimum Gasteiger partial charge on any atom is -0.465 e. The molecule has 0 bridgehead atoms. The number of thioether (sulfide) groups is 1. The van der Waals surface area contributed by atoms with Crippen LogP contribution in [-0.2, 0) is 0 Å². The first kappa shape index (κ1) is 17.5. The van der Waals surface area contributed by atoms with Crippen LogP contribution >= 0.6 is 11.8 Å². The molecule has 2 aromatic heterocycles. The maximum Gasteiger partial charge on any atom is 0.407 e. The minimum atomic E-state index is -0.917. The summed E-state index contributed by atoms with van der Waals surface area (Å²) in [6, 6.07) is 3.64. The summed E-state index contributed by atoms with van der Waals surface area (Å²) in [5.41, 5.74) is 7.21. The molecule has 140 valence electrons. The van der Waals surface area contributed by atoms with Gasteiger partial charge in [0, 0.05) is 30.1 Å². The monoisotopic (exact) mass is 386 g/mol. The summed E-state index contributed by atoms with van der Waals surface area (Å²) < 4.78 is 1.80. The predicted octanol–water partition coefficient (Wildman–Crippen LogP) is 2.12. The van der Waals surface area contributed by atoms with E-state index >= 15 is 0 Å². The van der Waals surface area contributed by atoms with Crippen molar-refractivity contribution in [1.29, 1.82) is 0 Å². The quantitative estimate of drug-likeness (QED) is 0.521. The van der Waals surface area contributed by atoms with Crippen LogP contribution in [0.5, 0.6) is 0 Å². The molecule has 1 aliphatic heterocycles. The lowest BCUT2D eigenvalue weighted by Crippen LogP contribution is -2.38. The average Bonchev–Trinajstić information content (AvgIpc) is 3.08. The molecule has 1 aliphatic rings. The number of nitrogens with zero attached hydrogens (tertiary/aromatic N) is 5. The van der Waals surface area contributed by atoms with Crippen LogP contribution in [0.15, 0.2) is 23.5 Å². The topological polar surface area (TPSA) is 127 Å². The lowest BCUT2D eigenvalue weighted by molar-refractivity contribution is 0.0995. The van der Waals surface area contributed by atoms with Gasteiger partial charge in [0.2, 0.25) is 0 Å². The number of piperidine rings is 1. The molecule has 0 spiro atoms. The molecule has 3 N–H and O–H groups in total. The highest BCUT2D eigenvalue weighted by molar-refractivity contribution is 7.98. The van der Waals surface area contributed by atoms with E-state index in [1.807, 2.05) is 18.4 Å². The Kier molecular flexibility index (Phi) is 4.34. The summed E-state index contributed by atoms with van der Waals surface area (Å²) in [6.07, 6.45) is 3.95. The van der Waals surface area contributed by atoms with Gasteiger partial charge in [-0.15, -0.1) is 0 Å². The molecule has 27 heavy (non-hydrogen) atoms. The molecule has 0 aliphatic carbocycles. The molecule has 3 heterocycles. The molecule has 2 amide bonds. The summed E-state index contributed by atoms with van der Waals surface area (Å²) in [4.78, 5) is 33.4. The Morgan fingerprint density at radius 3 is 2.67 bits per heavy atom. The van der Waals surface area contributed by atoms with E-state index in [0.29, 0.717) is 42.0 Å². The normalized spacial score (nSPS) is 15.5. The first-order chi connectivity index (χ1) is 13.0. The third-order valence-electron chi connectivity index (χ3n) is 4.89. The van der Waals surface area contributed by atoms with Crippen LogP contribution in [0.1, 0.15) is 29.4 Å². The number of rotatable bonds is 3. The van der Waals surface area contributed by atoms with Gasteiger partial charge >= 0.3 is 6.09 Å². The van der Waals surface area contributed by atoms with Crippen LogP contribution < -0.4 is 5.73 Å². The predicted molar refractivity (Wildman–Crippen MR) is 101 cm³/mol. The lowest BCUT2D eigenvalue weighted by Gasteiger charge is -2.30. The Bertz CT molecular complexity index is 1060. The van der Waals surface area contributed by atoms with E-state index in [-0.39, 0.29) is 11.7 Å². The molecule has 3 aromatic rings. The van der Waals surface area contributed by atoms with Crippen molar-refractivity contribution in [2.24, 2.45) is 5.73 Å². The number of hydrogen-bond donors (Lipinski definition) is 2. The minimum absolute atomic E-state index is 0.0329. The number of carbonyl (C=O) groups is 2. The van der Waals surface area contributed by atoms with Crippen molar-refractivity contribution < 1.29 is 14.7 Å². The molecule has 10 heteroatoms. The van der Waals surface area contributed by atoms with Gasteiger partial charge in [-0.25, -0.2) is 14.8 Å². The first-order valence-electron chi connectivity index (χ1n) is 8.49. The van der Waals surface area contributed by atoms with Gasteiger partial charge in [0.25, 0.3) is 5.91 Å². The van der Waals surface area contributed by atoms with Crippen LogP contribution in [0.25, 0.3) is 21.8 Å². The Hall–Kier alpha value is -2.88. The number of nitrogens with two attached hydrogens (primary N) is 1. The number of primary amides is 1.